The Balaban J connectivity index is 1.78. The molecule has 2 saturated carbocycles. The highest BCUT2D eigenvalue weighted by Crippen LogP contribution is 2.46. The summed E-state index contributed by atoms with van der Waals surface area (Å²) in [5.41, 5.74) is 6.00. The highest BCUT2D eigenvalue weighted by atomic mass is 19.1. The maximum Gasteiger partial charge on any atom is 0.133 e. The lowest BCUT2D eigenvalue weighted by Crippen LogP contribution is -2.33. The van der Waals surface area contributed by atoms with Crippen LogP contribution >= 0.6 is 0 Å². The molecule has 1 aromatic carbocycles. The summed E-state index contributed by atoms with van der Waals surface area (Å²) in [5.74, 6) is -1.09. The number of benzene rings is 1. The normalized spacial score (nSPS) is 30.8. The van der Waals surface area contributed by atoms with Crippen LogP contribution in [0, 0.1) is 35.2 Å². The Hall–Kier alpha value is -1.03. The number of hydrogen-bond acceptors (Lipinski definition) is 1. The molecular weight excluding hydrogens is 275 g/mol. The van der Waals surface area contributed by atoms with Gasteiger partial charge in [0.05, 0.1) is 0 Å². The predicted molar refractivity (Wildman–Crippen MR) is 76.0 cm³/mol. The van der Waals surface area contributed by atoms with E-state index in [1.54, 1.807) is 0 Å². The van der Waals surface area contributed by atoms with Gasteiger partial charge in [0.15, 0.2) is 0 Å². The first kappa shape index (κ1) is 14.9. The Labute approximate surface area is 123 Å². The van der Waals surface area contributed by atoms with Gasteiger partial charge in [0.1, 0.15) is 17.5 Å². The van der Waals surface area contributed by atoms with Crippen molar-refractivity contribution >= 4 is 0 Å². The maximum atomic E-state index is 13.9. The number of fused-ring (bicyclic) bond motifs is 1. The minimum Gasteiger partial charge on any atom is -0.324 e. The van der Waals surface area contributed by atoms with Crippen LogP contribution in [-0.4, -0.2) is 0 Å². The Morgan fingerprint density at radius 2 is 1.52 bits per heavy atom. The van der Waals surface area contributed by atoms with Gasteiger partial charge in [0.2, 0.25) is 0 Å². The van der Waals surface area contributed by atoms with E-state index in [2.05, 4.69) is 0 Å². The lowest BCUT2D eigenvalue weighted by atomic mass is 9.65. The van der Waals surface area contributed by atoms with Gasteiger partial charge >= 0.3 is 0 Å². The van der Waals surface area contributed by atoms with Gasteiger partial charge in [-0.15, -0.1) is 0 Å². The van der Waals surface area contributed by atoms with Gasteiger partial charge in [0.25, 0.3) is 0 Å². The van der Waals surface area contributed by atoms with Crippen LogP contribution in [0.4, 0.5) is 13.2 Å². The highest BCUT2D eigenvalue weighted by Gasteiger charge is 2.36. The van der Waals surface area contributed by atoms with Crippen LogP contribution in [0.25, 0.3) is 0 Å². The predicted octanol–water partition coefficient (Wildman–Crippen LogP) is 4.71. The molecule has 4 unspecified atom stereocenters. The lowest BCUT2D eigenvalue weighted by Gasteiger charge is -2.41. The molecule has 116 valence electrons. The van der Waals surface area contributed by atoms with Crippen molar-refractivity contribution in [2.45, 2.75) is 51.0 Å². The monoisotopic (exact) mass is 297 g/mol. The van der Waals surface area contributed by atoms with Crippen LogP contribution in [0.2, 0.25) is 0 Å². The summed E-state index contributed by atoms with van der Waals surface area (Å²) >= 11 is 0. The molecule has 2 fully saturated rings. The van der Waals surface area contributed by atoms with E-state index in [0.29, 0.717) is 5.92 Å². The molecule has 4 atom stereocenters. The molecule has 2 aliphatic rings. The van der Waals surface area contributed by atoms with Crippen molar-refractivity contribution in [3.63, 3.8) is 0 Å². The van der Waals surface area contributed by atoms with E-state index in [1.165, 1.54) is 25.7 Å². The molecule has 21 heavy (non-hydrogen) atoms. The number of nitrogens with two attached hydrogens (primary N) is 1. The summed E-state index contributed by atoms with van der Waals surface area (Å²) in [6.07, 6.45) is 8.02. The topological polar surface area (TPSA) is 26.0 Å². The Morgan fingerprint density at radius 1 is 0.905 bits per heavy atom. The first-order valence-corrected chi connectivity index (χ1v) is 7.96. The molecular formula is C17H22F3N. The Kier molecular flexibility index (Phi) is 4.25. The second-order valence-electron chi connectivity index (χ2n) is 6.69. The minimum atomic E-state index is -0.892. The molecule has 0 aliphatic heterocycles. The van der Waals surface area contributed by atoms with E-state index in [1.807, 2.05) is 0 Å². The summed E-state index contributed by atoms with van der Waals surface area (Å²) in [4.78, 5) is 0. The minimum absolute atomic E-state index is 0.0961. The van der Waals surface area contributed by atoms with Crippen molar-refractivity contribution in [3.05, 3.63) is 35.1 Å². The zero-order valence-electron chi connectivity index (χ0n) is 12.1. The fourth-order valence-corrected chi connectivity index (χ4v) is 4.34. The van der Waals surface area contributed by atoms with E-state index in [9.17, 15) is 13.2 Å². The largest absolute Gasteiger partial charge is 0.324 e. The van der Waals surface area contributed by atoms with Gasteiger partial charge in [-0.2, -0.15) is 0 Å². The molecule has 2 N–H and O–H groups in total. The van der Waals surface area contributed by atoms with Crippen LogP contribution in [0.5, 0.6) is 0 Å². The summed E-state index contributed by atoms with van der Waals surface area (Å²) in [5, 5.41) is 0. The van der Waals surface area contributed by atoms with Crippen LogP contribution < -0.4 is 5.73 Å². The van der Waals surface area contributed by atoms with Crippen LogP contribution in [0.1, 0.15) is 56.6 Å². The molecule has 4 heteroatoms. The molecule has 0 spiro atoms. The van der Waals surface area contributed by atoms with Gasteiger partial charge < -0.3 is 5.73 Å². The number of rotatable bonds is 2. The van der Waals surface area contributed by atoms with Crippen molar-refractivity contribution in [1.82, 2.24) is 0 Å². The fourth-order valence-electron chi connectivity index (χ4n) is 4.34. The zero-order valence-corrected chi connectivity index (χ0v) is 12.1. The molecule has 3 rings (SSSR count). The van der Waals surface area contributed by atoms with E-state index in [-0.39, 0.29) is 11.5 Å². The van der Waals surface area contributed by atoms with Crippen molar-refractivity contribution in [1.29, 1.82) is 0 Å². The summed E-state index contributed by atoms with van der Waals surface area (Å²) in [7, 11) is 0. The molecule has 1 nitrogen and oxygen atoms in total. The summed E-state index contributed by atoms with van der Waals surface area (Å²) in [6.45, 7) is 0. The molecule has 0 aromatic heterocycles. The van der Waals surface area contributed by atoms with E-state index in [0.717, 1.165) is 37.3 Å². The second kappa shape index (κ2) is 5.99. The second-order valence-corrected chi connectivity index (χ2v) is 6.69. The Bertz CT molecular complexity index is 494. The zero-order chi connectivity index (χ0) is 15.0. The van der Waals surface area contributed by atoms with Crippen LogP contribution in [0.3, 0.4) is 0 Å². The van der Waals surface area contributed by atoms with Gasteiger partial charge in [0, 0.05) is 23.7 Å². The van der Waals surface area contributed by atoms with Crippen LogP contribution in [0.15, 0.2) is 12.1 Å². The molecule has 0 radical (unpaired) electrons. The molecule has 2 aliphatic carbocycles. The number of hydrogen-bond donors (Lipinski definition) is 1. The standard InChI is InChI=1S/C17H22F3N/c18-13-8-14(19)16(15(20)9-13)17(21)12-6-5-10-3-1-2-4-11(10)7-12/h8-12,17H,1-7,21H2. The lowest BCUT2D eigenvalue weighted by molar-refractivity contribution is 0.116. The first-order valence-electron chi connectivity index (χ1n) is 7.96. The molecule has 0 saturated heterocycles. The third kappa shape index (κ3) is 2.96. The van der Waals surface area contributed by atoms with E-state index < -0.39 is 23.5 Å². The summed E-state index contributed by atoms with van der Waals surface area (Å²) < 4.78 is 40.8. The van der Waals surface area contributed by atoms with Gasteiger partial charge in [-0.25, -0.2) is 13.2 Å². The first-order chi connectivity index (χ1) is 10.1. The SMILES string of the molecule is NC(c1c(F)cc(F)cc1F)C1CCC2CCCCC2C1. The number of halogens is 3. The van der Waals surface area contributed by atoms with Crippen molar-refractivity contribution in [3.8, 4) is 0 Å². The summed E-state index contributed by atoms with van der Waals surface area (Å²) in [6, 6.07) is 0.781. The van der Waals surface area contributed by atoms with Gasteiger partial charge in [-0.3, -0.25) is 0 Å². The van der Waals surface area contributed by atoms with Crippen molar-refractivity contribution < 1.29 is 13.2 Å². The smallest absolute Gasteiger partial charge is 0.133 e. The molecule has 0 amide bonds. The van der Waals surface area contributed by atoms with Crippen molar-refractivity contribution in [2.75, 3.05) is 0 Å². The average Bonchev–Trinajstić information content (AvgIpc) is 2.45. The Morgan fingerprint density at radius 3 is 2.19 bits per heavy atom. The average molecular weight is 297 g/mol. The van der Waals surface area contributed by atoms with Crippen molar-refractivity contribution in [2.24, 2.45) is 23.5 Å². The molecule has 0 heterocycles. The third-order valence-electron chi connectivity index (χ3n) is 5.47. The van der Waals surface area contributed by atoms with E-state index >= 15 is 0 Å². The van der Waals surface area contributed by atoms with Gasteiger partial charge in [-0.05, 0) is 37.0 Å². The van der Waals surface area contributed by atoms with E-state index in [4.69, 9.17) is 5.73 Å². The third-order valence-corrected chi connectivity index (χ3v) is 5.47. The molecule has 1 aromatic rings. The maximum absolute atomic E-state index is 13.9. The van der Waals surface area contributed by atoms with Gasteiger partial charge in [-0.1, -0.05) is 25.7 Å². The quantitative estimate of drug-likeness (QED) is 0.840. The fraction of sp³-hybridized carbons (Fsp3) is 0.647. The highest BCUT2D eigenvalue weighted by molar-refractivity contribution is 5.24. The molecule has 0 bridgehead atoms. The van der Waals surface area contributed by atoms with Crippen LogP contribution in [-0.2, 0) is 0 Å².